The molecule has 1 aromatic carbocycles. The van der Waals surface area contributed by atoms with Crippen LogP contribution in [0.4, 0.5) is 4.39 Å². The summed E-state index contributed by atoms with van der Waals surface area (Å²) in [7, 11) is 1.80. The van der Waals surface area contributed by atoms with Crippen LogP contribution in [0, 0.1) is 11.7 Å². The zero-order chi connectivity index (χ0) is 18.9. The maximum Gasteiger partial charge on any atom is 0.191 e. The molecule has 1 saturated heterocycles. The molecule has 1 aliphatic heterocycles. The lowest BCUT2D eigenvalue weighted by molar-refractivity contribution is 0.141. The zero-order valence-electron chi connectivity index (χ0n) is 16.9. The van der Waals surface area contributed by atoms with Gasteiger partial charge in [0, 0.05) is 38.5 Å². The van der Waals surface area contributed by atoms with Gasteiger partial charge in [0.15, 0.2) is 5.96 Å². The number of hydrogen-bond donors (Lipinski definition) is 2. The molecule has 2 rings (SSSR count). The number of guanidine groups is 1. The van der Waals surface area contributed by atoms with Crippen LogP contribution < -0.4 is 10.6 Å². The van der Waals surface area contributed by atoms with Gasteiger partial charge in [0.2, 0.25) is 0 Å². The fourth-order valence-corrected chi connectivity index (χ4v) is 4.01. The molecule has 154 valence electrons. The Morgan fingerprint density at radius 2 is 2.11 bits per heavy atom. The van der Waals surface area contributed by atoms with Crippen molar-refractivity contribution in [3.63, 3.8) is 0 Å². The minimum Gasteiger partial charge on any atom is -0.356 e. The molecule has 27 heavy (non-hydrogen) atoms. The van der Waals surface area contributed by atoms with Crippen molar-refractivity contribution in [3.8, 4) is 0 Å². The number of thioether (sulfide) groups is 1. The SMILES string of the molecule is CN=C(NCc1ccc(F)cc1CSC)NCC1CCCN(C(C)C)C1.I. The van der Waals surface area contributed by atoms with Gasteiger partial charge in [0.05, 0.1) is 0 Å². The minimum atomic E-state index is -0.174. The van der Waals surface area contributed by atoms with Gasteiger partial charge < -0.3 is 15.5 Å². The molecule has 0 amide bonds. The van der Waals surface area contributed by atoms with E-state index in [0.717, 1.165) is 35.9 Å². The standard InChI is InChI=1S/C20H33FN4S.HI/c1-15(2)25-9-5-6-16(13-25)11-23-20(22-3)24-12-17-7-8-19(21)10-18(17)14-26-4;/h7-8,10,15-16H,5-6,9,11-14H2,1-4H3,(H2,22,23,24);1H. The fourth-order valence-electron chi connectivity index (χ4n) is 3.43. The molecule has 0 radical (unpaired) electrons. The van der Waals surface area contributed by atoms with E-state index in [0.29, 0.717) is 18.5 Å². The zero-order valence-corrected chi connectivity index (χ0v) is 20.1. The lowest BCUT2D eigenvalue weighted by Gasteiger charge is -2.35. The molecule has 4 nitrogen and oxygen atoms in total. The van der Waals surface area contributed by atoms with Gasteiger partial charge in [-0.1, -0.05) is 6.07 Å². The summed E-state index contributed by atoms with van der Waals surface area (Å²) in [4.78, 5) is 6.89. The van der Waals surface area contributed by atoms with Crippen LogP contribution in [0.2, 0.25) is 0 Å². The maximum atomic E-state index is 13.5. The van der Waals surface area contributed by atoms with Gasteiger partial charge in [-0.3, -0.25) is 4.99 Å². The smallest absolute Gasteiger partial charge is 0.191 e. The first-order valence-corrected chi connectivity index (χ1v) is 10.9. The molecular formula is C20H34FIN4S. The van der Waals surface area contributed by atoms with Gasteiger partial charge in [0.1, 0.15) is 5.82 Å². The number of halogens is 2. The Hall–Kier alpha value is -0.540. The molecule has 1 fully saturated rings. The number of benzene rings is 1. The summed E-state index contributed by atoms with van der Waals surface area (Å²) in [5.74, 6) is 2.11. The summed E-state index contributed by atoms with van der Waals surface area (Å²) in [5.41, 5.74) is 2.16. The van der Waals surface area contributed by atoms with E-state index in [-0.39, 0.29) is 29.8 Å². The van der Waals surface area contributed by atoms with Crippen LogP contribution >= 0.6 is 35.7 Å². The topological polar surface area (TPSA) is 39.7 Å². The van der Waals surface area contributed by atoms with Crippen molar-refractivity contribution in [2.45, 2.75) is 45.0 Å². The van der Waals surface area contributed by atoms with Gasteiger partial charge in [-0.05, 0) is 68.7 Å². The molecule has 1 aliphatic rings. The third kappa shape index (κ3) is 8.15. The van der Waals surface area contributed by atoms with Crippen LogP contribution in [0.15, 0.2) is 23.2 Å². The largest absolute Gasteiger partial charge is 0.356 e. The van der Waals surface area contributed by atoms with Crippen molar-refractivity contribution in [1.29, 1.82) is 0 Å². The Kier molecular flexibility index (Phi) is 11.6. The van der Waals surface area contributed by atoms with Crippen LogP contribution in [-0.2, 0) is 12.3 Å². The highest BCUT2D eigenvalue weighted by molar-refractivity contribution is 14.0. The van der Waals surface area contributed by atoms with Gasteiger partial charge in [-0.15, -0.1) is 24.0 Å². The second-order valence-electron chi connectivity index (χ2n) is 7.25. The Labute approximate surface area is 185 Å². The molecule has 0 aliphatic carbocycles. The third-order valence-corrected chi connectivity index (χ3v) is 5.58. The first-order chi connectivity index (χ1) is 12.5. The molecule has 0 spiro atoms. The first-order valence-electron chi connectivity index (χ1n) is 9.48. The molecule has 0 aromatic heterocycles. The van der Waals surface area contributed by atoms with E-state index in [1.54, 1.807) is 24.9 Å². The van der Waals surface area contributed by atoms with E-state index in [2.05, 4.69) is 34.4 Å². The van der Waals surface area contributed by atoms with Crippen LogP contribution in [0.3, 0.4) is 0 Å². The van der Waals surface area contributed by atoms with Crippen LogP contribution in [-0.4, -0.2) is 49.8 Å². The van der Waals surface area contributed by atoms with E-state index < -0.39 is 0 Å². The number of aliphatic imine (C=N–C) groups is 1. The minimum absolute atomic E-state index is 0. The summed E-state index contributed by atoms with van der Waals surface area (Å²) < 4.78 is 13.5. The third-order valence-electron chi connectivity index (χ3n) is 4.98. The maximum absolute atomic E-state index is 13.5. The van der Waals surface area contributed by atoms with Crippen molar-refractivity contribution < 1.29 is 4.39 Å². The Balaban J connectivity index is 0.00000364. The fraction of sp³-hybridized carbons (Fsp3) is 0.650. The van der Waals surface area contributed by atoms with Crippen LogP contribution in [0.25, 0.3) is 0 Å². The molecule has 0 saturated carbocycles. The number of nitrogens with one attached hydrogen (secondary N) is 2. The quantitative estimate of drug-likeness (QED) is 0.331. The van der Waals surface area contributed by atoms with Crippen LogP contribution in [0.1, 0.15) is 37.8 Å². The average molecular weight is 508 g/mol. The normalized spacial score (nSPS) is 18.3. The Morgan fingerprint density at radius 1 is 1.33 bits per heavy atom. The van der Waals surface area contributed by atoms with Gasteiger partial charge >= 0.3 is 0 Å². The van der Waals surface area contributed by atoms with Gasteiger partial charge in [0.25, 0.3) is 0 Å². The summed E-state index contributed by atoms with van der Waals surface area (Å²) in [5, 5.41) is 6.84. The highest BCUT2D eigenvalue weighted by Crippen LogP contribution is 2.18. The Bertz CT molecular complexity index is 597. The molecule has 2 N–H and O–H groups in total. The molecule has 1 unspecified atom stereocenters. The van der Waals surface area contributed by atoms with Crippen molar-refractivity contribution >= 4 is 41.7 Å². The van der Waals surface area contributed by atoms with E-state index in [1.165, 1.54) is 25.5 Å². The highest BCUT2D eigenvalue weighted by Gasteiger charge is 2.21. The van der Waals surface area contributed by atoms with E-state index in [4.69, 9.17) is 0 Å². The lowest BCUT2D eigenvalue weighted by atomic mass is 9.97. The van der Waals surface area contributed by atoms with Crippen molar-refractivity contribution in [3.05, 3.63) is 35.1 Å². The molecule has 1 heterocycles. The van der Waals surface area contributed by atoms with E-state index in [1.807, 2.05) is 12.3 Å². The van der Waals surface area contributed by atoms with Crippen LogP contribution in [0.5, 0.6) is 0 Å². The molecule has 1 atom stereocenters. The number of piperidine rings is 1. The monoisotopic (exact) mass is 508 g/mol. The van der Waals surface area contributed by atoms with E-state index in [9.17, 15) is 4.39 Å². The lowest BCUT2D eigenvalue weighted by Crippen LogP contribution is -2.46. The molecule has 0 bridgehead atoms. The molecule has 1 aromatic rings. The second kappa shape index (κ2) is 12.8. The highest BCUT2D eigenvalue weighted by atomic mass is 127. The molecular weight excluding hydrogens is 474 g/mol. The average Bonchev–Trinajstić information content (AvgIpc) is 2.63. The molecule has 7 heteroatoms. The number of rotatable bonds is 7. The van der Waals surface area contributed by atoms with Crippen molar-refractivity contribution in [2.75, 3.05) is 32.9 Å². The number of likely N-dealkylation sites (tertiary alicyclic amines) is 1. The van der Waals surface area contributed by atoms with Crippen molar-refractivity contribution in [2.24, 2.45) is 10.9 Å². The van der Waals surface area contributed by atoms with Crippen molar-refractivity contribution in [1.82, 2.24) is 15.5 Å². The van der Waals surface area contributed by atoms with Gasteiger partial charge in [-0.2, -0.15) is 11.8 Å². The second-order valence-corrected chi connectivity index (χ2v) is 8.12. The summed E-state index contributed by atoms with van der Waals surface area (Å²) in [6.45, 7) is 8.49. The number of nitrogens with zero attached hydrogens (tertiary/aromatic N) is 2. The van der Waals surface area contributed by atoms with E-state index >= 15 is 0 Å². The summed E-state index contributed by atoms with van der Waals surface area (Å²) >= 11 is 1.70. The first kappa shape index (κ1) is 24.5. The Morgan fingerprint density at radius 3 is 2.78 bits per heavy atom. The van der Waals surface area contributed by atoms with Gasteiger partial charge in [-0.25, -0.2) is 4.39 Å². The summed E-state index contributed by atoms with van der Waals surface area (Å²) in [6, 6.07) is 5.64. The summed E-state index contributed by atoms with van der Waals surface area (Å²) in [6.07, 6.45) is 4.57. The predicted octanol–water partition coefficient (Wildman–Crippen LogP) is 4.09. The predicted molar refractivity (Wildman–Crippen MR) is 127 cm³/mol. The number of hydrogen-bond acceptors (Lipinski definition) is 3.